The first-order chi connectivity index (χ1) is 16.0. The molecule has 1 atom stereocenters. The van der Waals surface area contributed by atoms with Gasteiger partial charge >= 0.3 is 5.97 Å². The molecule has 33 heavy (non-hydrogen) atoms. The molecular weight excluding hydrogens is 418 g/mol. The molecule has 1 N–H and O–H groups in total. The molecule has 0 aliphatic carbocycles. The molecule has 2 aromatic carbocycles. The molecule has 0 saturated carbocycles. The fourth-order valence-corrected chi connectivity index (χ4v) is 4.11. The molecule has 2 aliphatic heterocycles. The van der Waals surface area contributed by atoms with E-state index < -0.39 is 12.0 Å². The first-order valence-corrected chi connectivity index (χ1v) is 11.4. The van der Waals surface area contributed by atoms with E-state index in [0.717, 1.165) is 49.7 Å². The Morgan fingerprint density at radius 2 is 1.82 bits per heavy atom. The van der Waals surface area contributed by atoms with Crippen LogP contribution >= 0.6 is 0 Å². The largest absolute Gasteiger partial charge is 0.461 e. The Bertz CT molecular complexity index is 1000. The van der Waals surface area contributed by atoms with Gasteiger partial charge in [-0.25, -0.2) is 4.79 Å². The van der Waals surface area contributed by atoms with Gasteiger partial charge in [0.25, 0.3) is 0 Å². The number of rotatable bonds is 7. The van der Waals surface area contributed by atoms with Gasteiger partial charge in [0.2, 0.25) is 5.91 Å². The minimum Gasteiger partial charge on any atom is -0.461 e. The second-order valence-electron chi connectivity index (χ2n) is 8.44. The molecule has 8 heteroatoms. The third-order valence-corrected chi connectivity index (χ3v) is 5.94. The summed E-state index contributed by atoms with van der Waals surface area (Å²) >= 11 is 0. The number of benzene rings is 2. The smallest absolute Gasteiger partial charge is 0.354 e. The number of anilines is 2. The van der Waals surface area contributed by atoms with Crippen LogP contribution in [0.3, 0.4) is 0 Å². The maximum absolute atomic E-state index is 13.3. The lowest BCUT2D eigenvalue weighted by atomic mass is 10.1. The molecule has 1 unspecified atom stereocenters. The van der Waals surface area contributed by atoms with Crippen LogP contribution in [-0.4, -0.2) is 73.3 Å². The Hall–Kier alpha value is -3.23. The average Bonchev–Trinajstić information content (AvgIpc) is 3.28. The number of hydrogen-bond donors (Lipinski definition) is 1. The van der Waals surface area contributed by atoms with Crippen LogP contribution in [0.2, 0.25) is 0 Å². The Kier molecular flexibility index (Phi) is 7.36. The Balaban J connectivity index is 1.46. The molecule has 174 valence electrons. The summed E-state index contributed by atoms with van der Waals surface area (Å²) in [7, 11) is 2.15. The van der Waals surface area contributed by atoms with Crippen LogP contribution in [0.5, 0.6) is 0 Å². The Morgan fingerprint density at radius 1 is 1.06 bits per heavy atom. The highest BCUT2D eigenvalue weighted by molar-refractivity contribution is 6.38. The first-order valence-electron chi connectivity index (χ1n) is 11.4. The number of nitrogens with one attached hydrogen (secondary N) is 1. The zero-order chi connectivity index (χ0) is 23.2. The van der Waals surface area contributed by atoms with Gasteiger partial charge in [0.1, 0.15) is 11.8 Å². The van der Waals surface area contributed by atoms with Crippen molar-refractivity contribution in [1.82, 2.24) is 9.80 Å². The summed E-state index contributed by atoms with van der Waals surface area (Å²) in [6, 6.07) is 16.7. The van der Waals surface area contributed by atoms with Crippen LogP contribution < -0.4 is 10.3 Å². The van der Waals surface area contributed by atoms with Crippen LogP contribution in [0.4, 0.5) is 11.4 Å². The first kappa shape index (κ1) is 22.9. The maximum atomic E-state index is 13.3. The number of para-hydroxylation sites is 1. The molecule has 0 aromatic heterocycles. The van der Waals surface area contributed by atoms with Crippen LogP contribution in [0.15, 0.2) is 59.7 Å². The van der Waals surface area contributed by atoms with Gasteiger partial charge in [0, 0.05) is 44.8 Å². The summed E-state index contributed by atoms with van der Waals surface area (Å²) in [6.45, 7) is 7.08. The standard InChI is InChI=1S/C25H31N5O3/c1-3-33-25(32)22-17-23(30(27-22)21-10-5-4-6-11-21)24(31)26-20-9-7-8-19(16-20)18-29-14-12-28(2)13-15-29/h4-11,16,23H,3,12-15,17-18H2,1-2H3,(H,26,31). The van der Waals surface area contributed by atoms with Crippen LogP contribution in [0.25, 0.3) is 0 Å². The van der Waals surface area contributed by atoms with Crippen molar-refractivity contribution >= 4 is 29.0 Å². The molecule has 1 amide bonds. The minimum absolute atomic E-state index is 0.195. The lowest BCUT2D eigenvalue weighted by Gasteiger charge is -2.32. The predicted octanol–water partition coefficient (Wildman–Crippen LogP) is 2.57. The summed E-state index contributed by atoms with van der Waals surface area (Å²) in [6.07, 6.45) is 0.195. The zero-order valence-electron chi connectivity index (χ0n) is 19.2. The summed E-state index contributed by atoms with van der Waals surface area (Å²) in [5, 5.41) is 9.06. The quantitative estimate of drug-likeness (QED) is 0.655. The van der Waals surface area contributed by atoms with Crippen molar-refractivity contribution < 1.29 is 14.3 Å². The molecule has 1 saturated heterocycles. The minimum atomic E-state index is -0.631. The van der Waals surface area contributed by atoms with Crippen molar-refractivity contribution in [2.45, 2.75) is 25.9 Å². The van der Waals surface area contributed by atoms with Crippen molar-refractivity contribution in [3.63, 3.8) is 0 Å². The van der Waals surface area contributed by atoms with Gasteiger partial charge in [-0.1, -0.05) is 30.3 Å². The van der Waals surface area contributed by atoms with E-state index in [2.05, 4.69) is 33.3 Å². The van der Waals surface area contributed by atoms with Gasteiger partial charge in [-0.3, -0.25) is 14.7 Å². The highest BCUT2D eigenvalue weighted by Gasteiger charge is 2.36. The third kappa shape index (κ3) is 5.77. The van der Waals surface area contributed by atoms with Gasteiger partial charge in [-0.05, 0) is 43.8 Å². The van der Waals surface area contributed by atoms with E-state index in [9.17, 15) is 9.59 Å². The summed E-state index contributed by atoms with van der Waals surface area (Å²) in [5.74, 6) is -0.693. The number of hydrogen-bond acceptors (Lipinski definition) is 7. The third-order valence-electron chi connectivity index (χ3n) is 5.94. The molecular formula is C25H31N5O3. The van der Waals surface area contributed by atoms with E-state index in [1.54, 1.807) is 11.9 Å². The molecule has 2 heterocycles. The maximum Gasteiger partial charge on any atom is 0.354 e. The fourth-order valence-electron chi connectivity index (χ4n) is 4.11. The second-order valence-corrected chi connectivity index (χ2v) is 8.44. The topological polar surface area (TPSA) is 77.5 Å². The lowest BCUT2D eigenvalue weighted by Crippen LogP contribution is -2.43. The van der Waals surface area contributed by atoms with Gasteiger partial charge < -0.3 is 15.0 Å². The number of hydrazone groups is 1. The molecule has 2 aliphatic rings. The molecule has 1 fully saturated rings. The molecule has 2 aromatic rings. The number of carbonyl (C=O) groups is 2. The van der Waals surface area contributed by atoms with Crippen LogP contribution in [-0.2, 0) is 20.9 Å². The van der Waals surface area contributed by atoms with E-state index in [1.807, 2.05) is 48.5 Å². The molecule has 8 nitrogen and oxygen atoms in total. The van der Waals surface area contributed by atoms with E-state index in [-0.39, 0.29) is 24.6 Å². The van der Waals surface area contributed by atoms with Crippen LogP contribution in [0.1, 0.15) is 18.9 Å². The average molecular weight is 450 g/mol. The summed E-state index contributed by atoms with van der Waals surface area (Å²) in [4.78, 5) is 30.3. The zero-order valence-corrected chi connectivity index (χ0v) is 19.2. The van der Waals surface area contributed by atoms with E-state index in [1.165, 1.54) is 0 Å². The monoisotopic (exact) mass is 449 g/mol. The van der Waals surface area contributed by atoms with Crippen LogP contribution in [0, 0.1) is 0 Å². The highest BCUT2D eigenvalue weighted by Crippen LogP contribution is 2.26. The molecule has 0 spiro atoms. The predicted molar refractivity (Wildman–Crippen MR) is 129 cm³/mol. The van der Waals surface area contributed by atoms with Gasteiger partial charge in [0.05, 0.1) is 12.3 Å². The highest BCUT2D eigenvalue weighted by atomic mass is 16.5. The van der Waals surface area contributed by atoms with E-state index in [0.29, 0.717) is 0 Å². The van der Waals surface area contributed by atoms with Crippen molar-refractivity contribution in [2.75, 3.05) is 50.2 Å². The van der Waals surface area contributed by atoms with Crippen molar-refractivity contribution in [3.05, 3.63) is 60.2 Å². The molecule has 4 rings (SSSR count). The molecule has 0 bridgehead atoms. The van der Waals surface area contributed by atoms with Crippen molar-refractivity contribution in [3.8, 4) is 0 Å². The second kappa shape index (κ2) is 10.6. The lowest BCUT2D eigenvalue weighted by molar-refractivity contribution is -0.135. The summed E-state index contributed by atoms with van der Waals surface area (Å²) < 4.78 is 5.12. The number of amides is 1. The Morgan fingerprint density at radius 3 is 2.55 bits per heavy atom. The number of likely N-dealkylation sites (N-methyl/N-ethyl adjacent to an activating group) is 1. The number of piperazine rings is 1. The Labute approximate surface area is 194 Å². The summed E-state index contributed by atoms with van der Waals surface area (Å²) in [5.41, 5.74) is 2.90. The SMILES string of the molecule is CCOC(=O)C1=NN(c2ccccc2)C(C(=O)Nc2cccc(CN3CCN(C)CC3)c2)C1. The van der Waals surface area contributed by atoms with Gasteiger partial charge in [0.15, 0.2) is 0 Å². The number of esters is 1. The fraction of sp³-hybridized carbons (Fsp3) is 0.400. The molecule has 0 radical (unpaired) electrons. The van der Waals surface area contributed by atoms with E-state index in [4.69, 9.17) is 4.74 Å². The van der Waals surface area contributed by atoms with Crippen molar-refractivity contribution in [2.24, 2.45) is 5.10 Å². The van der Waals surface area contributed by atoms with Gasteiger partial charge in [-0.15, -0.1) is 0 Å². The number of ether oxygens (including phenoxy) is 1. The number of nitrogens with zero attached hydrogens (tertiary/aromatic N) is 4. The van der Waals surface area contributed by atoms with E-state index >= 15 is 0 Å². The van der Waals surface area contributed by atoms with Gasteiger partial charge in [-0.2, -0.15) is 5.10 Å². The normalized spacial score (nSPS) is 19.3. The number of carbonyl (C=O) groups excluding carboxylic acids is 2. The van der Waals surface area contributed by atoms with Crippen molar-refractivity contribution in [1.29, 1.82) is 0 Å².